The van der Waals surface area contributed by atoms with Gasteiger partial charge in [-0.1, -0.05) is 13.3 Å². The maximum atomic E-state index is 11.3. The Kier molecular flexibility index (Phi) is 4.30. The molecule has 0 bridgehead atoms. The molecule has 0 aromatic heterocycles. The van der Waals surface area contributed by atoms with Crippen molar-refractivity contribution in [3.05, 3.63) is 23.9 Å². The van der Waals surface area contributed by atoms with Crippen molar-refractivity contribution in [1.82, 2.24) is 4.90 Å². The summed E-state index contributed by atoms with van der Waals surface area (Å²) >= 11 is 0. The summed E-state index contributed by atoms with van der Waals surface area (Å²) in [5.41, 5.74) is 4.98. The Morgan fingerprint density at radius 3 is 2.71 bits per heavy atom. The third-order valence-corrected chi connectivity index (χ3v) is 3.55. The smallest absolute Gasteiger partial charge is 0.290 e. The molecule has 3 N–H and O–H groups in total. The van der Waals surface area contributed by atoms with Crippen molar-refractivity contribution in [2.45, 2.75) is 25.1 Å². The number of carbonyl (C=O) groups excluding carboxylic acids is 1. The molecule has 0 aromatic carbocycles. The Morgan fingerprint density at radius 2 is 2.24 bits per heavy atom. The van der Waals surface area contributed by atoms with E-state index in [0.29, 0.717) is 6.54 Å². The van der Waals surface area contributed by atoms with Crippen molar-refractivity contribution in [2.24, 2.45) is 5.73 Å². The minimum Gasteiger partial charge on any atom is -0.366 e. The van der Waals surface area contributed by atoms with Gasteiger partial charge in [0.1, 0.15) is 0 Å². The number of rotatable bonds is 5. The van der Waals surface area contributed by atoms with Gasteiger partial charge in [-0.3, -0.25) is 9.35 Å². The molecule has 0 radical (unpaired) electrons. The van der Waals surface area contributed by atoms with Gasteiger partial charge in [0.05, 0.1) is 5.57 Å². The van der Waals surface area contributed by atoms with Crippen molar-refractivity contribution >= 4 is 16.0 Å². The van der Waals surface area contributed by atoms with E-state index >= 15 is 0 Å². The fourth-order valence-electron chi connectivity index (χ4n) is 1.66. The van der Waals surface area contributed by atoms with Crippen molar-refractivity contribution < 1.29 is 17.8 Å². The lowest BCUT2D eigenvalue weighted by molar-refractivity contribution is -0.115. The lowest BCUT2D eigenvalue weighted by Crippen LogP contribution is -2.44. The van der Waals surface area contributed by atoms with Crippen LogP contribution in [0.25, 0.3) is 0 Å². The minimum absolute atomic E-state index is 0.119. The molecule has 7 heteroatoms. The number of hydrogen-bond donors (Lipinski definition) is 2. The van der Waals surface area contributed by atoms with Gasteiger partial charge >= 0.3 is 0 Å². The van der Waals surface area contributed by atoms with Crippen LogP contribution in [0, 0.1) is 0 Å². The molecule has 17 heavy (non-hydrogen) atoms. The third kappa shape index (κ3) is 3.31. The summed E-state index contributed by atoms with van der Waals surface area (Å²) in [6, 6.07) is 0. The monoisotopic (exact) mass is 260 g/mol. The first-order valence-corrected chi connectivity index (χ1v) is 6.78. The highest BCUT2D eigenvalue weighted by Crippen LogP contribution is 2.21. The van der Waals surface area contributed by atoms with Gasteiger partial charge in [-0.2, -0.15) is 8.42 Å². The van der Waals surface area contributed by atoms with Gasteiger partial charge in [-0.05, 0) is 18.6 Å². The van der Waals surface area contributed by atoms with Gasteiger partial charge in [0, 0.05) is 12.7 Å². The number of carbonyl (C=O) groups is 1. The summed E-state index contributed by atoms with van der Waals surface area (Å²) < 4.78 is 31.8. The fourth-order valence-corrected chi connectivity index (χ4v) is 2.70. The predicted octanol–water partition coefficient (Wildman–Crippen LogP) is 0.241. The Morgan fingerprint density at radius 1 is 1.59 bits per heavy atom. The maximum Gasteiger partial charge on any atom is 0.290 e. The van der Waals surface area contributed by atoms with Gasteiger partial charge in [0.25, 0.3) is 10.1 Å². The van der Waals surface area contributed by atoms with Gasteiger partial charge in [-0.15, -0.1) is 0 Å². The molecule has 0 saturated heterocycles. The highest BCUT2D eigenvalue weighted by Gasteiger charge is 2.35. The average Bonchev–Trinajstić information content (AvgIpc) is 2.24. The number of nitrogens with zero attached hydrogens (tertiary/aromatic N) is 1. The van der Waals surface area contributed by atoms with Crippen LogP contribution in [0.5, 0.6) is 0 Å². The standard InChI is InChI=1S/C10H16N2O4S/c1-2-3-6-12-7-4-5-8(9(11)13)10(12)17(14,15)16/h4-5,7,10H,2-3,6H2,1H3,(H2,11,13)(H,14,15,16). The van der Waals surface area contributed by atoms with Crippen LogP contribution in [0.1, 0.15) is 19.8 Å². The molecular weight excluding hydrogens is 244 g/mol. The molecule has 1 aliphatic heterocycles. The molecule has 0 aliphatic carbocycles. The van der Waals surface area contributed by atoms with E-state index < -0.39 is 21.4 Å². The van der Waals surface area contributed by atoms with Crippen molar-refractivity contribution in [2.75, 3.05) is 6.54 Å². The molecule has 0 spiro atoms. The first-order valence-electron chi connectivity index (χ1n) is 5.28. The zero-order chi connectivity index (χ0) is 13.1. The first-order chi connectivity index (χ1) is 7.88. The topological polar surface area (TPSA) is 101 Å². The minimum atomic E-state index is -4.39. The molecule has 1 unspecified atom stereocenters. The van der Waals surface area contributed by atoms with E-state index in [1.807, 2.05) is 6.92 Å². The molecular formula is C10H16N2O4S. The average molecular weight is 260 g/mol. The molecule has 96 valence electrons. The zero-order valence-electron chi connectivity index (χ0n) is 9.54. The van der Waals surface area contributed by atoms with Crippen LogP contribution in [0.2, 0.25) is 0 Å². The van der Waals surface area contributed by atoms with E-state index in [1.54, 1.807) is 0 Å². The number of unbranched alkanes of at least 4 members (excludes halogenated alkanes) is 1. The number of primary amides is 1. The predicted molar refractivity (Wildman–Crippen MR) is 63.4 cm³/mol. The highest BCUT2D eigenvalue weighted by molar-refractivity contribution is 7.86. The Labute approximate surface area is 101 Å². The molecule has 1 heterocycles. The van der Waals surface area contributed by atoms with E-state index in [9.17, 15) is 17.8 Å². The normalized spacial score (nSPS) is 20.2. The number of hydrogen-bond acceptors (Lipinski definition) is 4. The molecule has 1 rings (SSSR count). The van der Waals surface area contributed by atoms with Crippen LogP contribution < -0.4 is 5.73 Å². The molecule has 0 aromatic rings. The van der Waals surface area contributed by atoms with Crippen molar-refractivity contribution in [1.29, 1.82) is 0 Å². The molecule has 0 saturated carbocycles. The molecule has 1 aliphatic rings. The van der Waals surface area contributed by atoms with Crippen molar-refractivity contribution in [3.8, 4) is 0 Å². The van der Waals surface area contributed by atoms with Crippen LogP contribution in [-0.4, -0.2) is 35.7 Å². The highest BCUT2D eigenvalue weighted by atomic mass is 32.2. The second-order valence-electron chi connectivity index (χ2n) is 3.79. The van der Waals surface area contributed by atoms with E-state index in [0.717, 1.165) is 12.8 Å². The summed E-state index contributed by atoms with van der Waals surface area (Å²) in [5.74, 6) is -0.849. The van der Waals surface area contributed by atoms with E-state index in [-0.39, 0.29) is 5.57 Å². The van der Waals surface area contributed by atoms with E-state index in [2.05, 4.69) is 0 Å². The third-order valence-electron chi connectivity index (χ3n) is 2.46. The Hall–Kier alpha value is -1.34. The largest absolute Gasteiger partial charge is 0.366 e. The van der Waals surface area contributed by atoms with Crippen LogP contribution >= 0.6 is 0 Å². The van der Waals surface area contributed by atoms with Crippen LogP contribution in [0.15, 0.2) is 23.9 Å². The number of nitrogens with two attached hydrogens (primary N) is 1. The molecule has 1 atom stereocenters. The van der Waals surface area contributed by atoms with Gasteiger partial charge in [0.15, 0.2) is 5.37 Å². The van der Waals surface area contributed by atoms with E-state index in [4.69, 9.17) is 5.73 Å². The summed E-state index contributed by atoms with van der Waals surface area (Å²) in [6.45, 7) is 2.39. The number of allylic oxidation sites excluding steroid dienone is 2. The summed E-state index contributed by atoms with van der Waals surface area (Å²) in [4.78, 5) is 12.6. The summed E-state index contributed by atoms with van der Waals surface area (Å²) in [5, 5.41) is -1.39. The lowest BCUT2D eigenvalue weighted by atomic mass is 10.1. The molecule has 0 fully saturated rings. The first kappa shape index (κ1) is 13.7. The SMILES string of the molecule is CCCCN1C=CC=C(C(N)=O)C1S(=O)(=O)O. The van der Waals surface area contributed by atoms with Crippen molar-refractivity contribution in [3.63, 3.8) is 0 Å². The lowest BCUT2D eigenvalue weighted by Gasteiger charge is -2.31. The Balaban J connectivity index is 3.05. The van der Waals surface area contributed by atoms with Crippen LogP contribution in [-0.2, 0) is 14.9 Å². The van der Waals surface area contributed by atoms with Crippen LogP contribution in [0.4, 0.5) is 0 Å². The van der Waals surface area contributed by atoms with Gasteiger partial charge < -0.3 is 10.6 Å². The summed E-state index contributed by atoms with van der Waals surface area (Å²) in [6.07, 6.45) is 6.00. The van der Waals surface area contributed by atoms with E-state index in [1.165, 1.54) is 23.3 Å². The zero-order valence-corrected chi connectivity index (χ0v) is 10.4. The number of amides is 1. The fraction of sp³-hybridized carbons (Fsp3) is 0.500. The molecule has 1 amide bonds. The molecule has 6 nitrogen and oxygen atoms in total. The second-order valence-corrected chi connectivity index (χ2v) is 5.26. The van der Waals surface area contributed by atoms with Gasteiger partial charge in [0.2, 0.25) is 5.91 Å². The quantitative estimate of drug-likeness (QED) is 0.690. The van der Waals surface area contributed by atoms with Crippen LogP contribution in [0.3, 0.4) is 0 Å². The Bertz CT molecular complexity index is 453. The summed E-state index contributed by atoms with van der Waals surface area (Å²) in [7, 11) is -4.39. The maximum absolute atomic E-state index is 11.3. The van der Waals surface area contributed by atoms with Gasteiger partial charge in [-0.25, -0.2) is 0 Å². The second kappa shape index (κ2) is 5.33.